The number of nitrogens with zero attached hydrogens (tertiary/aromatic N) is 2. The number of anilines is 2. The summed E-state index contributed by atoms with van der Waals surface area (Å²) in [4.78, 5) is 4.92. The molecule has 0 spiro atoms. The Kier molecular flexibility index (Phi) is 5.30. The first-order chi connectivity index (χ1) is 9.59. The van der Waals surface area contributed by atoms with Crippen molar-refractivity contribution in [2.24, 2.45) is 5.92 Å². The number of likely N-dealkylation sites (N-methyl/N-ethyl adjacent to an activating group) is 1. The first kappa shape index (κ1) is 15.2. The molecule has 1 aliphatic rings. The molecule has 0 amide bonds. The third kappa shape index (κ3) is 3.66. The van der Waals surface area contributed by atoms with Crippen molar-refractivity contribution in [2.75, 3.05) is 43.0 Å². The molecule has 112 valence electrons. The minimum absolute atomic E-state index is 0.588. The highest BCUT2D eigenvalue weighted by atomic mass is 15.3. The summed E-state index contributed by atoms with van der Waals surface area (Å²) in [6.07, 6.45) is 1.20. The standard InChI is InChI=1S/C17H29N3/c1-14(2)13-18-10-9-15(3)20-12-11-19(4)16-7-5-6-8-17(16)20/h5-8,14-15,18H,9-13H2,1-4H3. The zero-order valence-electron chi connectivity index (χ0n) is 13.4. The molecule has 1 heterocycles. The van der Waals surface area contributed by atoms with E-state index in [1.54, 1.807) is 0 Å². The molecule has 1 N–H and O–H groups in total. The number of rotatable bonds is 6. The van der Waals surface area contributed by atoms with Crippen LogP contribution in [-0.2, 0) is 0 Å². The van der Waals surface area contributed by atoms with Crippen molar-refractivity contribution in [2.45, 2.75) is 33.2 Å². The van der Waals surface area contributed by atoms with Crippen LogP contribution < -0.4 is 15.1 Å². The van der Waals surface area contributed by atoms with Crippen molar-refractivity contribution in [3.05, 3.63) is 24.3 Å². The molecule has 0 fully saturated rings. The molecular weight excluding hydrogens is 246 g/mol. The van der Waals surface area contributed by atoms with E-state index in [0.29, 0.717) is 6.04 Å². The molecule has 0 saturated heterocycles. The monoisotopic (exact) mass is 275 g/mol. The van der Waals surface area contributed by atoms with Gasteiger partial charge < -0.3 is 15.1 Å². The van der Waals surface area contributed by atoms with Gasteiger partial charge in [-0.3, -0.25) is 0 Å². The molecule has 3 heteroatoms. The average molecular weight is 275 g/mol. The predicted octanol–water partition coefficient (Wildman–Crippen LogP) is 2.97. The molecule has 1 unspecified atom stereocenters. The van der Waals surface area contributed by atoms with Gasteiger partial charge in [-0.25, -0.2) is 0 Å². The zero-order valence-corrected chi connectivity index (χ0v) is 13.4. The molecule has 0 radical (unpaired) electrons. The minimum atomic E-state index is 0.588. The van der Waals surface area contributed by atoms with Crippen molar-refractivity contribution in [3.63, 3.8) is 0 Å². The number of benzene rings is 1. The van der Waals surface area contributed by atoms with Crippen LogP contribution in [0.2, 0.25) is 0 Å². The smallest absolute Gasteiger partial charge is 0.0607 e. The number of hydrogen-bond acceptors (Lipinski definition) is 3. The summed E-state index contributed by atoms with van der Waals surface area (Å²) in [7, 11) is 2.19. The van der Waals surface area contributed by atoms with Crippen LogP contribution in [0.5, 0.6) is 0 Å². The summed E-state index contributed by atoms with van der Waals surface area (Å²) >= 11 is 0. The second kappa shape index (κ2) is 6.98. The third-order valence-corrected chi connectivity index (χ3v) is 4.10. The maximum absolute atomic E-state index is 3.55. The van der Waals surface area contributed by atoms with E-state index in [2.05, 4.69) is 67.2 Å². The van der Waals surface area contributed by atoms with Crippen LogP contribution >= 0.6 is 0 Å². The second-order valence-corrected chi connectivity index (χ2v) is 6.34. The average Bonchev–Trinajstić information content (AvgIpc) is 2.44. The molecule has 2 rings (SSSR count). The van der Waals surface area contributed by atoms with Gasteiger partial charge in [-0.15, -0.1) is 0 Å². The van der Waals surface area contributed by atoms with E-state index in [9.17, 15) is 0 Å². The first-order valence-electron chi connectivity index (χ1n) is 7.87. The Morgan fingerprint density at radius 1 is 1.10 bits per heavy atom. The Balaban J connectivity index is 1.94. The summed E-state index contributed by atoms with van der Waals surface area (Å²) in [5, 5.41) is 3.55. The molecule has 1 aromatic carbocycles. The SMILES string of the molecule is CC(C)CNCCC(C)N1CCN(C)c2ccccc21. The van der Waals surface area contributed by atoms with Crippen LogP contribution in [0.3, 0.4) is 0 Å². The Bertz CT molecular complexity index is 416. The number of hydrogen-bond donors (Lipinski definition) is 1. The van der Waals surface area contributed by atoms with Crippen LogP contribution in [0.25, 0.3) is 0 Å². The molecule has 1 aromatic rings. The van der Waals surface area contributed by atoms with E-state index in [1.807, 2.05) is 0 Å². The van der Waals surface area contributed by atoms with Crippen LogP contribution in [-0.4, -0.2) is 39.3 Å². The molecule has 20 heavy (non-hydrogen) atoms. The van der Waals surface area contributed by atoms with Crippen LogP contribution in [0, 0.1) is 5.92 Å². The minimum Gasteiger partial charge on any atom is -0.371 e. The van der Waals surface area contributed by atoms with Crippen LogP contribution in [0.4, 0.5) is 11.4 Å². The molecule has 0 saturated carbocycles. The molecule has 0 aliphatic carbocycles. The van der Waals surface area contributed by atoms with E-state index in [4.69, 9.17) is 0 Å². The fraction of sp³-hybridized carbons (Fsp3) is 0.647. The fourth-order valence-corrected chi connectivity index (χ4v) is 2.84. The van der Waals surface area contributed by atoms with E-state index >= 15 is 0 Å². The predicted molar refractivity (Wildman–Crippen MR) is 88.8 cm³/mol. The van der Waals surface area contributed by atoms with Crippen molar-refractivity contribution >= 4 is 11.4 Å². The van der Waals surface area contributed by atoms with Crippen LogP contribution in [0.15, 0.2) is 24.3 Å². The maximum atomic E-state index is 3.55. The molecule has 0 aromatic heterocycles. The summed E-state index contributed by atoms with van der Waals surface area (Å²) in [6.45, 7) is 11.3. The first-order valence-corrected chi connectivity index (χ1v) is 7.87. The Labute approximate surface area is 124 Å². The highest BCUT2D eigenvalue weighted by Gasteiger charge is 2.23. The van der Waals surface area contributed by atoms with Gasteiger partial charge in [0.1, 0.15) is 0 Å². The number of para-hydroxylation sites is 2. The lowest BCUT2D eigenvalue weighted by Gasteiger charge is -2.40. The summed E-state index contributed by atoms with van der Waals surface area (Å²) < 4.78 is 0. The van der Waals surface area contributed by atoms with Crippen molar-refractivity contribution in [1.82, 2.24) is 5.32 Å². The topological polar surface area (TPSA) is 18.5 Å². The molecule has 0 bridgehead atoms. The lowest BCUT2D eigenvalue weighted by atomic mass is 10.1. The van der Waals surface area contributed by atoms with Gasteiger partial charge in [0.25, 0.3) is 0 Å². The summed E-state index contributed by atoms with van der Waals surface area (Å²) in [6, 6.07) is 9.35. The zero-order chi connectivity index (χ0) is 14.5. The highest BCUT2D eigenvalue weighted by molar-refractivity contribution is 5.73. The Morgan fingerprint density at radius 2 is 1.80 bits per heavy atom. The lowest BCUT2D eigenvalue weighted by Crippen LogP contribution is -2.44. The van der Waals surface area contributed by atoms with Gasteiger partial charge in [0.15, 0.2) is 0 Å². The van der Waals surface area contributed by atoms with Gasteiger partial charge in [0.2, 0.25) is 0 Å². The van der Waals surface area contributed by atoms with Crippen LogP contribution in [0.1, 0.15) is 27.2 Å². The van der Waals surface area contributed by atoms with Gasteiger partial charge in [-0.1, -0.05) is 26.0 Å². The van der Waals surface area contributed by atoms with Gasteiger partial charge in [0.05, 0.1) is 11.4 Å². The van der Waals surface area contributed by atoms with Crippen molar-refractivity contribution in [3.8, 4) is 0 Å². The van der Waals surface area contributed by atoms with E-state index in [0.717, 1.165) is 32.1 Å². The highest BCUT2D eigenvalue weighted by Crippen LogP contribution is 2.33. The van der Waals surface area contributed by atoms with E-state index < -0.39 is 0 Å². The Morgan fingerprint density at radius 3 is 2.50 bits per heavy atom. The van der Waals surface area contributed by atoms with E-state index in [1.165, 1.54) is 17.8 Å². The lowest BCUT2D eigenvalue weighted by molar-refractivity contribution is 0.505. The number of nitrogens with one attached hydrogen (secondary N) is 1. The molecule has 3 nitrogen and oxygen atoms in total. The van der Waals surface area contributed by atoms with Gasteiger partial charge in [0, 0.05) is 26.2 Å². The maximum Gasteiger partial charge on any atom is 0.0607 e. The van der Waals surface area contributed by atoms with Gasteiger partial charge in [-0.05, 0) is 44.5 Å². The van der Waals surface area contributed by atoms with Crippen molar-refractivity contribution in [1.29, 1.82) is 0 Å². The fourth-order valence-electron chi connectivity index (χ4n) is 2.84. The van der Waals surface area contributed by atoms with Gasteiger partial charge in [-0.2, -0.15) is 0 Å². The van der Waals surface area contributed by atoms with Gasteiger partial charge >= 0.3 is 0 Å². The normalized spacial score (nSPS) is 16.4. The largest absolute Gasteiger partial charge is 0.371 e. The Hall–Kier alpha value is -1.22. The summed E-state index contributed by atoms with van der Waals surface area (Å²) in [5.74, 6) is 0.731. The van der Waals surface area contributed by atoms with Crippen molar-refractivity contribution < 1.29 is 0 Å². The number of fused-ring (bicyclic) bond motifs is 1. The summed E-state index contributed by atoms with van der Waals surface area (Å²) in [5.41, 5.74) is 2.75. The second-order valence-electron chi connectivity index (χ2n) is 6.34. The molecule has 1 atom stereocenters. The van der Waals surface area contributed by atoms with E-state index in [-0.39, 0.29) is 0 Å². The molecular formula is C17H29N3. The third-order valence-electron chi connectivity index (χ3n) is 4.10. The quantitative estimate of drug-likeness (QED) is 0.805. The molecule has 1 aliphatic heterocycles.